The van der Waals surface area contributed by atoms with Gasteiger partial charge in [0.2, 0.25) is 0 Å². The second-order valence-corrected chi connectivity index (χ2v) is 3.57. The fourth-order valence-corrected chi connectivity index (χ4v) is 1.47. The Balaban J connectivity index is 2.09. The van der Waals surface area contributed by atoms with Crippen LogP contribution in [0.5, 0.6) is 11.5 Å². The fourth-order valence-electron chi connectivity index (χ4n) is 1.47. The molecule has 2 nitrogen and oxygen atoms in total. The minimum atomic E-state index is 0.624. The third-order valence-corrected chi connectivity index (χ3v) is 2.40. The van der Waals surface area contributed by atoms with Crippen LogP contribution in [0.3, 0.4) is 0 Å². The average molecular weight is 226 g/mol. The van der Waals surface area contributed by atoms with E-state index in [4.69, 9.17) is 9.47 Å². The van der Waals surface area contributed by atoms with E-state index in [1.807, 2.05) is 54.6 Å². The highest BCUT2D eigenvalue weighted by Crippen LogP contribution is 2.21. The first-order chi connectivity index (χ1) is 8.29. The van der Waals surface area contributed by atoms with Gasteiger partial charge in [-0.1, -0.05) is 24.8 Å². The van der Waals surface area contributed by atoms with Crippen LogP contribution in [0.4, 0.5) is 0 Å². The lowest BCUT2D eigenvalue weighted by Crippen LogP contribution is -1.93. The van der Waals surface area contributed by atoms with Gasteiger partial charge in [0.15, 0.2) is 0 Å². The molecule has 0 spiro atoms. The largest absolute Gasteiger partial charge is 0.497 e. The molecule has 0 aliphatic rings. The van der Waals surface area contributed by atoms with E-state index in [0.717, 1.165) is 17.1 Å². The highest BCUT2D eigenvalue weighted by molar-refractivity contribution is 5.60. The first-order valence-corrected chi connectivity index (χ1v) is 5.36. The van der Waals surface area contributed by atoms with Crippen LogP contribution in [-0.2, 0) is 0 Å². The molecule has 0 bridgehead atoms. The third-order valence-electron chi connectivity index (χ3n) is 2.40. The van der Waals surface area contributed by atoms with Gasteiger partial charge in [0.1, 0.15) is 17.3 Å². The quantitative estimate of drug-likeness (QED) is 0.739. The molecular formula is C15H14O2. The molecule has 0 heterocycles. The van der Waals surface area contributed by atoms with Gasteiger partial charge in [-0.3, -0.25) is 0 Å². The predicted octanol–water partition coefficient (Wildman–Crippen LogP) is 3.74. The zero-order chi connectivity index (χ0) is 12.1. The van der Waals surface area contributed by atoms with Crippen molar-refractivity contribution >= 4 is 5.76 Å². The van der Waals surface area contributed by atoms with Gasteiger partial charge in [0, 0.05) is 5.56 Å². The summed E-state index contributed by atoms with van der Waals surface area (Å²) in [6.07, 6.45) is 0. The molecule has 0 radical (unpaired) electrons. The maximum atomic E-state index is 5.64. The van der Waals surface area contributed by atoms with Crippen molar-refractivity contribution in [3.05, 3.63) is 66.7 Å². The van der Waals surface area contributed by atoms with E-state index in [-0.39, 0.29) is 0 Å². The van der Waals surface area contributed by atoms with Crippen molar-refractivity contribution in [2.75, 3.05) is 7.11 Å². The minimum Gasteiger partial charge on any atom is -0.497 e. The van der Waals surface area contributed by atoms with E-state index >= 15 is 0 Å². The normalized spacial score (nSPS) is 9.71. The van der Waals surface area contributed by atoms with Crippen molar-refractivity contribution < 1.29 is 9.47 Å². The molecule has 0 amide bonds. The van der Waals surface area contributed by atoms with Crippen LogP contribution in [-0.4, -0.2) is 7.11 Å². The number of para-hydroxylation sites is 1. The summed E-state index contributed by atoms with van der Waals surface area (Å²) in [6, 6.07) is 17.2. The van der Waals surface area contributed by atoms with Crippen LogP contribution in [0, 0.1) is 0 Å². The van der Waals surface area contributed by atoms with Crippen LogP contribution >= 0.6 is 0 Å². The Hall–Kier alpha value is -2.22. The molecule has 2 heteroatoms. The molecule has 2 rings (SSSR count). The Bertz CT molecular complexity index is 486. The van der Waals surface area contributed by atoms with E-state index in [2.05, 4.69) is 6.58 Å². The maximum Gasteiger partial charge on any atom is 0.127 e. The number of rotatable bonds is 4. The molecule has 0 saturated heterocycles. The SMILES string of the molecule is C=C(Oc1ccccc1)c1ccc(OC)cc1. The van der Waals surface area contributed by atoms with Gasteiger partial charge in [-0.05, 0) is 36.4 Å². The molecule has 0 unspecified atom stereocenters. The summed E-state index contributed by atoms with van der Waals surface area (Å²) >= 11 is 0. The molecular weight excluding hydrogens is 212 g/mol. The Morgan fingerprint density at radius 1 is 0.882 bits per heavy atom. The third kappa shape index (κ3) is 2.88. The molecule has 0 fully saturated rings. The van der Waals surface area contributed by atoms with Gasteiger partial charge in [0.05, 0.1) is 7.11 Å². The monoisotopic (exact) mass is 226 g/mol. The zero-order valence-electron chi connectivity index (χ0n) is 9.72. The van der Waals surface area contributed by atoms with Crippen molar-refractivity contribution in [1.82, 2.24) is 0 Å². The summed E-state index contributed by atoms with van der Waals surface area (Å²) in [5.74, 6) is 2.23. The van der Waals surface area contributed by atoms with Crippen LogP contribution < -0.4 is 9.47 Å². The molecule has 0 atom stereocenters. The zero-order valence-corrected chi connectivity index (χ0v) is 9.72. The Labute approximate surface area is 101 Å². The molecule has 0 saturated carbocycles. The Kier molecular flexibility index (Phi) is 3.46. The summed E-state index contributed by atoms with van der Waals surface area (Å²) in [7, 11) is 1.64. The number of ether oxygens (including phenoxy) is 2. The van der Waals surface area contributed by atoms with E-state index < -0.39 is 0 Å². The molecule has 0 N–H and O–H groups in total. The summed E-state index contributed by atoms with van der Waals surface area (Å²) in [5.41, 5.74) is 0.939. The Morgan fingerprint density at radius 2 is 1.53 bits per heavy atom. The lowest BCUT2D eigenvalue weighted by atomic mass is 10.2. The van der Waals surface area contributed by atoms with Crippen LogP contribution in [0.25, 0.3) is 5.76 Å². The van der Waals surface area contributed by atoms with Crippen molar-refractivity contribution in [3.63, 3.8) is 0 Å². The molecule has 0 aliphatic carbocycles. The molecule has 0 aromatic heterocycles. The Morgan fingerprint density at radius 3 is 2.12 bits per heavy atom. The van der Waals surface area contributed by atoms with E-state index in [0.29, 0.717) is 5.76 Å². The van der Waals surface area contributed by atoms with Gasteiger partial charge in [-0.25, -0.2) is 0 Å². The number of methoxy groups -OCH3 is 1. The van der Waals surface area contributed by atoms with Gasteiger partial charge < -0.3 is 9.47 Å². The first kappa shape index (κ1) is 11.3. The lowest BCUT2D eigenvalue weighted by molar-refractivity contribution is 0.414. The summed E-state index contributed by atoms with van der Waals surface area (Å²) < 4.78 is 10.7. The summed E-state index contributed by atoms with van der Waals surface area (Å²) in [5, 5.41) is 0. The highest BCUT2D eigenvalue weighted by atomic mass is 16.5. The van der Waals surface area contributed by atoms with Crippen LogP contribution in [0.15, 0.2) is 61.2 Å². The molecule has 0 aliphatic heterocycles. The topological polar surface area (TPSA) is 18.5 Å². The number of hydrogen-bond acceptors (Lipinski definition) is 2. The van der Waals surface area contributed by atoms with Gasteiger partial charge >= 0.3 is 0 Å². The van der Waals surface area contributed by atoms with E-state index in [1.54, 1.807) is 7.11 Å². The standard InChI is InChI=1S/C15H14O2/c1-12(17-15-6-4-3-5-7-15)13-8-10-14(16-2)11-9-13/h3-11H,1H2,2H3. The molecule has 17 heavy (non-hydrogen) atoms. The predicted molar refractivity (Wildman–Crippen MR) is 69.1 cm³/mol. The molecule has 2 aromatic carbocycles. The van der Waals surface area contributed by atoms with Crippen molar-refractivity contribution in [1.29, 1.82) is 0 Å². The van der Waals surface area contributed by atoms with Gasteiger partial charge in [-0.2, -0.15) is 0 Å². The summed E-state index contributed by atoms with van der Waals surface area (Å²) in [6.45, 7) is 3.91. The van der Waals surface area contributed by atoms with E-state index in [1.165, 1.54) is 0 Å². The number of benzene rings is 2. The van der Waals surface area contributed by atoms with Crippen molar-refractivity contribution in [2.45, 2.75) is 0 Å². The van der Waals surface area contributed by atoms with Crippen LogP contribution in [0.1, 0.15) is 5.56 Å². The van der Waals surface area contributed by atoms with Gasteiger partial charge in [-0.15, -0.1) is 0 Å². The van der Waals surface area contributed by atoms with Crippen molar-refractivity contribution in [2.24, 2.45) is 0 Å². The van der Waals surface area contributed by atoms with Crippen LogP contribution in [0.2, 0.25) is 0 Å². The average Bonchev–Trinajstić information content (AvgIpc) is 2.40. The highest BCUT2D eigenvalue weighted by Gasteiger charge is 2.01. The summed E-state index contributed by atoms with van der Waals surface area (Å²) in [4.78, 5) is 0. The smallest absolute Gasteiger partial charge is 0.127 e. The number of hydrogen-bond donors (Lipinski definition) is 0. The van der Waals surface area contributed by atoms with Gasteiger partial charge in [0.25, 0.3) is 0 Å². The lowest BCUT2D eigenvalue weighted by Gasteiger charge is -2.09. The van der Waals surface area contributed by atoms with E-state index in [9.17, 15) is 0 Å². The second kappa shape index (κ2) is 5.21. The molecule has 2 aromatic rings. The second-order valence-electron chi connectivity index (χ2n) is 3.57. The maximum absolute atomic E-state index is 5.64. The minimum absolute atomic E-state index is 0.624. The van der Waals surface area contributed by atoms with Crippen molar-refractivity contribution in [3.8, 4) is 11.5 Å². The molecule has 86 valence electrons. The fraction of sp³-hybridized carbons (Fsp3) is 0.0667. The first-order valence-electron chi connectivity index (χ1n) is 5.36.